The van der Waals surface area contributed by atoms with Crippen molar-refractivity contribution in [2.24, 2.45) is 16.9 Å². The fourth-order valence-electron chi connectivity index (χ4n) is 3.84. The second kappa shape index (κ2) is 6.04. The quantitative estimate of drug-likeness (QED) is 0.837. The highest BCUT2D eigenvalue weighted by Gasteiger charge is 2.30. The molecule has 0 spiro atoms. The van der Waals surface area contributed by atoms with Crippen LogP contribution in [0, 0.1) is 25.7 Å². The van der Waals surface area contributed by atoms with Crippen LogP contribution < -0.4 is 5.43 Å². The fourth-order valence-corrected chi connectivity index (χ4v) is 3.84. The number of amides is 1. The van der Waals surface area contributed by atoms with Crippen molar-refractivity contribution in [2.45, 2.75) is 58.8 Å². The van der Waals surface area contributed by atoms with Gasteiger partial charge in [-0.05, 0) is 57.4 Å². The van der Waals surface area contributed by atoms with Gasteiger partial charge >= 0.3 is 0 Å². The van der Waals surface area contributed by atoms with Crippen LogP contribution in [0.5, 0.6) is 0 Å². The van der Waals surface area contributed by atoms with Crippen molar-refractivity contribution in [3.05, 3.63) is 23.2 Å². The molecule has 1 N–H and O–H groups in total. The highest BCUT2D eigenvalue weighted by atomic mass is 16.3. The Morgan fingerprint density at radius 1 is 1.24 bits per heavy atom. The maximum Gasteiger partial charge on any atom is 0.274 e. The van der Waals surface area contributed by atoms with Crippen molar-refractivity contribution in [3.63, 3.8) is 0 Å². The predicted molar refractivity (Wildman–Crippen MR) is 82.4 cm³/mol. The number of aryl methyl sites for hydroxylation is 2. The van der Waals surface area contributed by atoms with Gasteiger partial charge in [-0.1, -0.05) is 19.3 Å². The summed E-state index contributed by atoms with van der Waals surface area (Å²) in [5.41, 5.74) is 4.45. The number of fused-ring (bicyclic) bond motifs is 1. The van der Waals surface area contributed by atoms with E-state index in [0.717, 1.165) is 36.1 Å². The standard InChI is InChI=1S/C17H24N2O2/c1-11-9-16(12(2)21-11)17(20)19-18-15-8-7-13-5-3-4-6-14(13)10-15/h9,13-14H,3-8,10H2,1-2H3,(H,19,20)/b18-15-/t13-,14+/m1/s1. The first-order valence-electron chi connectivity index (χ1n) is 8.06. The summed E-state index contributed by atoms with van der Waals surface area (Å²) in [6, 6.07) is 1.77. The number of hydrogen-bond donors (Lipinski definition) is 1. The zero-order valence-corrected chi connectivity index (χ0v) is 12.9. The van der Waals surface area contributed by atoms with Crippen molar-refractivity contribution >= 4 is 11.6 Å². The lowest BCUT2D eigenvalue weighted by Crippen LogP contribution is -2.29. The molecule has 1 heterocycles. The summed E-state index contributed by atoms with van der Waals surface area (Å²) in [5, 5.41) is 4.38. The smallest absolute Gasteiger partial charge is 0.274 e. The summed E-state index contributed by atoms with van der Waals surface area (Å²) in [7, 11) is 0. The third kappa shape index (κ3) is 3.20. The number of furan rings is 1. The van der Waals surface area contributed by atoms with E-state index in [4.69, 9.17) is 4.42 Å². The normalized spacial score (nSPS) is 27.4. The lowest BCUT2D eigenvalue weighted by atomic mass is 9.70. The zero-order valence-electron chi connectivity index (χ0n) is 12.9. The highest BCUT2D eigenvalue weighted by Crippen LogP contribution is 2.39. The van der Waals surface area contributed by atoms with Gasteiger partial charge in [0.05, 0.1) is 5.56 Å². The van der Waals surface area contributed by atoms with Crippen LogP contribution in [0.25, 0.3) is 0 Å². The maximum atomic E-state index is 12.1. The molecule has 1 aromatic heterocycles. The van der Waals surface area contributed by atoms with E-state index in [0.29, 0.717) is 11.3 Å². The number of nitrogens with one attached hydrogen (secondary N) is 1. The number of nitrogens with zero attached hydrogens (tertiary/aromatic N) is 1. The van der Waals surface area contributed by atoms with Gasteiger partial charge < -0.3 is 4.42 Å². The topological polar surface area (TPSA) is 54.6 Å². The Bertz CT molecular complexity index is 559. The summed E-state index contributed by atoms with van der Waals surface area (Å²) in [5.74, 6) is 2.94. The van der Waals surface area contributed by atoms with Gasteiger partial charge in [0.15, 0.2) is 0 Å². The minimum Gasteiger partial charge on any atom is -0.466 e. The molecule has 2 fully saturated rings. The van der Waals surface area contributed by atoms with Crippen LogP contribution in [0.2, 0.25) is 0 Å². The Balaban J connectivity index is 1.61. The molecule has 21 heavy (non-hydrogen) atoms. The molecule has 2 saturated carbocycles. The Labute approximate surface area is 126 Å². The van der Waals surface area contributed by atoms with E-state index < -0.39 is 0 Å². The SMILES string of the molecule is Cc1cc(C(=O)N/N=C2/CC[C@H]3CCCC[C@H]3C2)c(C)o1. The molecule has 0 unspecified atom stereocenters. The molecule has 3 rings (SSSR count). The number of rotatable bonds is 2. The van der Waals surface area contributed by atoms with Gasteiger partial charge in [-0.2, -0.15) is 5.10 Å². The molecule has 4 heteroatoms. The third-order valence-corrected chi connectivity index (χ3v) is 4.97. The molecule has 0 aromatic carbocycles. The summed E-state index contributed by atoms with van der Waals surface area (Å²) in [4.78, 5) is 12.1. The van der Waals surface area contributed by atoms with Crippen LogP contribution >= 0.6 is 0 Å². The minimum absolute atomic E-state index is 0.164. The molecule has 0 bridgehead atoms. The molecule has 1 aromatic rings. The van der Waals surface area contributed by atoms with Crippen molar-refractivity contribution in [1.82, 2.24) is 5.43 Å². The van der Waals surface area contributed by atoms with Gasteiger partial charge in [-0.25, -0.2) is 5.43 Å². The van der Waals surface area contributed by atoms with Crippen molar-refractivity contribution < 1.29 is 9.21 Å². The van der Waals surface area contributed by atoms with E-state index in [1.807, 2.05) is 13.8 Å². The zero-order chi connectivity index (χ0) is 14.8. The van der Waals surface area contributed by atoms with E-state index in [1.54, 1.807) is 6.07 Å². The maximum absolute atomic E-state index is 12.1. The molecule has 2 aliphatic carbocycles. The first-order valence-corrected chi connectivity index (χ1v) is 8.06. The molecular formula is C17H24N2O2. The second-order valence-corrected chi connectivity index (χ2v) is 6.49. The highest BCUT2D eigenvalue weighted by molar-refractivity contribution is 5.96. The number of hydrogen-bond acceptors (Lipinski definition) is 3. The lowest BCUT2D eigenvalue weighted by Gasteiger charge is -2.35. The van der Waals surface area contributed by atoms with Crippen LogP contribution in [-0.4, -0.2) is 11.6 Å². The summed E-state index contributed by atoms with van der Waals surface area (Å²) < 4.78 is 5.39. The summed E-state index contributed by atoms with van der Waals surface area (Å²) in [6.45, 7) is 3.66. The second-order valence-electron chi connectivity index (χ2n) is 6.49. The minimum atomic E-state index is -0.164. The van der Waals surface area contributed by atoms with E-state index in [2.05, 4.69) is 10.5 Å². The van der Waals surface area contributed by atoms with E-state index in [1.165, 1.54) is 32.1 Å². The van der Waals surface area contributed by atoms with Crippen LogP contribution in [0.3, 0.4) is 0 Å². The monoisotopic (exact) mass is 288 g/mol. The van der Waals surface area contributed by atoms with Crippen molar-refractivity contribution in [3.8, 4) is 0 Å². The third-order valence-electron chi connectivity index (χ3n) is 4.97. The average molecular weight is 288 g/mol. The predicted octanol–water partition coefficient (Wildman–Crippen LogP) is 3.97. The lowest BCUT2D eigenvalue weighted by molar-refractivity contribution is 0.0952. The number of hydrazone groups is 1. The Morgan fingerprint density at radius 2 is 2.00 bits per heavy atom. The first kappa shape index (κ1) is 14.4. The first-order chi connectivity index (χ1) is 10.1. The van der Waals surface area contributed by atoms with Crippen LogP contribution in [-0.2, 0) is 0 Å². The van der Waals surface area contributed by atoms with Crippen molar-refractivity contribution in [1.29, 1.82) is 0 Å². The van der Waals surface area contributed by atoms with Gasteiger partial charge in [0.2, 0.25) is 0 Å². The molecule has 2 atom stereocenters. The van der Waals surface area contributed by atoms with Crippen LogP contribution in [0.1, 0.15) is 66.8 Å². The molecule has 114 valence electrons. The van der Waals surface area contributed by atoms with Crippen LogP contribution in [0.4, 0.5) is 0 Å². The molecular weight excluding hydrogens is 264 g/mol. The molecule has 2 aliphatic rings. The van der Waals surface area contributed by atoms with Crippen molar-refractivity contribution in [2.75, 3.05) is 0 Å². The van der Waals surface area contributed by atoms with Gasteiger partial charge in [0.25, 0.3) is 5.91 Å². The largest absolute Gasteiger partial charge is 0.466 e. The molecule has 4 nitrogen and oxygen atoms in total. The van der Waals surface area contributed by atoms with Gasteiger partial charge in [0, 0.05) is 5.71 Å². The van der Waals surface area contributed by atoms with E-state index >= 15 is 0 Å². The van der Waals surface area contributed by atoms with Crippen LogP contribution in [0.15, 0.2) is 15.6 Å². The number of carbonyl (C=O) groups is 1. The molecule has 1 amide bonds. The van der Waals surface area contributed by atoms with Gasteiger partial charge in [-0.3, -0.25) is 4.79 Å². The number of carbonyl (C=O) groups excluding carboxylic acids is 1. The Kier molecular flexibility index (Phi) is 4.13. The summed E-state index contributed by atoms with van der Waals surface area (Å²) in [6.07, 6.45) is 8.80. The van der Waals surface area contributed by atoms with E-state index in [9.17, 15) is 4.79 Å². The molecule has 0 aliphatic heterocycles. The van der Waals surface area contributed by atoms with Gasteiger partial charge in [0.1, 0.15) is 11.5 Å². The molecule has 0 radical (unpaired) electrons. The average Bonchev–Trinajstić information content (AvgIpc) is 2.83. The Morgan fingerprint density at radius 3 is 2.71 bits per heavy atom. The van der Waals surface area contributed by atoms with Gasteiger partial charge in [-0.15, -0.1) is 0 Å². The fraction of sp³-hybridized carbons (Fsp3) is 0.647. The van der Waals surface area contributed by atoms with E-state index in [-0.39, 0.29) is 5.91 Å². The summed E-state index contributed by atoms with van der Waals surface area (Å²) >= 11 is 0. The Hall–Kier alpha value is -1.58. The molecule has 0 saturated heterocycles.